The van der Waals surface area contributed by atoms with Gasteiger partial charge in [-0.25, -0.2) is 9.37 Å². The zero-order valence-electron chi connectivity index (χ0n) is 9.15. The summed E-state index contributed by atoms with van der Waals surface area (Å²) in [6.45, 7) is 1.79. The first kappa shape index (κ1) is 12.0. The van der Waals surface area contributed by atoms with Gasteiger partial charge in [-0.1, -0.05) is 0 Å². The van der Waals surface area contributed by atoms with Crippen LogP contribution in [-0.2, 0) is 0 Å². The zero-order valence-corrected chi connectivity index (χ0v) is 10.7. The standard InChI is InChI=1S/C12H10BrFN2O/c1-8-15-11(6-12(16-8)17-7-13)9-2-4-10(14)5-3-9/h2-6H,7H2,1H3. The summed E-state index contributed by atoms with van der Waals surface area (Å²) in [6, 6.07) is 7.88. The molecule has 0 aliphatic rings. The Bertz CT molecular complexity index is 516. The van der Waals surface area contributed by atoms with Crippen LogP contribution in [0.15, 0.2) is 30.3 Å². The first-order valence-corrected chi connectivity index (χ1v) is 6.11. The third-order valence-electron chi connectivity index (χ3n) is 2.16. The number of hydrogen-bond acceptors (Lipinski definition) is 3. The highest BCUT2D eigenvalue weighted by Gasteiger charge is 2.05. The lowest BCUT2D eigenvalue weighted by Gasteiger charge is -2.06. The third-order valence-corrected chi connectivity index (χ3v) is 2.39. The molecular weight excluding hydrogens is 287 g/mol. The van der Waals surface area contributed by atoms with Gasteiger partial charge in [-0.3, -0.25) is 0 Å². The molecule has 0 atom stereocenters. The largest absolute Gasteiger partial charge is 0.466 e. The van der Waals surface area contributed by atoms with E-state index in [1.54, 1.807) is 25.1 Å². The summed E-state index contributed by atoms with van der Waals surface area (Å²) in [6.07, 6.45) is 0. The van der Waals surface area contributed by atoms with E-state index in [9.17, 15) is 4.39 Å². The van der Waals surface area contributed by atoms with E-state index in [0.717, 1.165) is 5.56 Å². The van der Waals surface area contributed by atoms with Crippen LogP contribution in [0, 0.1) is 12.7 Å². The Morgan fingerprint density at radius 2 is 1.94 bits per heavy atom. The minimum absolute atomic E-state index is 0.267. The first-order valence-electron chi connectivity index (χ1n) is 4.99. The van der Waals surface area contributed by atoms with Gasteiger partial charge in [0.1, 0.15) is 17.2 Å². The van der Waals surface area contributed by atoms with Crippen molar-refractivity contribution in [2.45, 2.75) is 6.92 Å². The molecule has 0 bridgehead atoms. The lowest BCUT2D eigenvalue weighted by molar-refractivity contribution is 0.380. The van der Waals surface area contributed by atoms with Gasteiger partial charge < -0.3 is 4.74 Å². The number of aryl methyl sites for hydroxylation is 1. The summed E-state index contributed by atoms with van der Waals surface area (Å²) in [4.78, 5) is 8.42. The van der Waals surface area contributed by atoms with Crippen molar-refractivity contribution in [3.8, 4) is 17.1 Å². The van der Waals surface area contributed by atoms with Crippen molar-refractivity contribution in [1.29, 1.82) is 0 Å². The minimum Gasteiger partial charge on any atom is -0.466 e. The lowest BCUT2D eigenvalue weighted by atomic mass is 10.1. The predicted molar refractivity (Wildman–Crippen MR) is 66.6 cm³/mol. The summed E-state index contributed by atoms with van der Waals surface area (Å²) < 4.78 is 18.1. The van der Waals surface area contributed by atoms with Gasteiger partial charge in [-0.15, -0.1) is 0 Å². The molecule has 0 saturated carbocycles. The van der Waals surface area contributed by atoms with Gasteiger partial charge in [0.05, 0.1) is 5.69 Å². The average Bonchev–Trinajstić information content (AvgIpc) is 2.29. The maximum Gasteiger partial charge on any atom is 0.218 e. The predicted octanol–water partition coefficient (Wildman–Crippen LogP) is 3.32. The number of benzene rings is 1. The van der Waals surface area contributed by atoms with Crippen LogP contribution >= 0.6 is 15.9 Å². The topological polar surface area (TPSA) is 35.0 Å². The maximum absolute atomic E-state index is 12.8. The van der Waals surface area contributed by atoms with E-state index in [1.165, 1.54) is 12.1 Å². The quantitative estimate of drug-likeness (QED) is 0.815. The second kappa shape index (κ2) is 5.23. The van der Waals surface area contributed by atoms with E-state index in [1.807, 2.05) is 0 Å². The normalized spacial score (nSPS) is 10.3. The summed E-state index contributed by atoms with van der Waals surface area (Å²) in [5.74, 6) is 0.841. The lowest BCUT2D eigenvalue weighted by Crippen LogP contribution is -1.97. The summed E-state index contributed by atoms with van der Waals surface area (Å²) >= 11 is 3.17. The maximum atomic E-state index is 12.8. The van der Waals surface area contributed by atoms with Crippen LogP contribution in [-0.4, -0.2) is 15.5 Å². The van der Waals surface area contributed by atoms with Crippen molar-refractivity contribution in [3.63, 3.8) is 0 Å². The fraction of sp³-hybridized carbons (Fsp3) is 0.167. The third kappa shape index (κ3) is 3.00. The molecule has 1 aromatic carbocycles. The second-order valence-electron chi connectivity index (χ2n) is 3.40. The van der Waals surface area contributed by atoms with Gasteiger partial charge in [0, 0.05) is 11.6 Å². The Kier molecular flexibility index (Phi) is 3.68. The number of rotatable bonds is 3. The summed E-state index contributed by atoms with van der Waals surface area (Å²) in [5, 5.41) is 0. The van der Waals surface area contributed by atoms with Crippen molar-refractivity contribution < 1.29 is 9.13 Å². The van der Waals surface area contributed by atoms with E-state index >= 15 is 0 Å². The Hall–Kier alpha value is -1.49. The molecule has 0 saturated heterocycles. The van der Waals surface area contributed by atoms with E-state index < -0.39 is 0 Å². The molecule has 0 radical (unpaired) electrons. The Morgan fingerprint density at radius 3 is 2.59 bits per heavy atom. The van der Waals surface area contributed by atoms with Crippen LogP contribution in [0.1, 0.15) is 5.82 Å². The van der Waals surface area contributed by atoms with Crippen molar-refractivity contribution in [1.82, 2.24) is 9.97 Å². The van der Waals surface area contributed by atoms with Gasteiger partial charge in [-0.05, 0) is 47.1 Å². The molecule has 5 heteroatoms. The molecule has 1 aromatic heterocycles. The highest BCUT2D eigenvalue weighted by Crippen LogP contribution is 2.21. The number of aromatic nitrogens is 2. The van der Waals surface area contributed by atoms with Gasteiger partial charge >= 0.3 is 0 Å². The molecule has 1 heterocycles. The van der Waals surface area contributed by atoms with E-state index in [0.29, 0.717) is 22.9 Å². The Labute approximate surface area is 107 Å². The highest BCUT2D eigenvalue weighted by atomic mass is 79.9. The molecule has 0 N–H and O–H groups in total. The SMILES string of the molecule is Cc1nc(OCBr)cc(-c2ccc(F)cc2)n1. The molecule has 3 nitrogen and oxygen atoms in total. The second-order valence-corrected chi connectivity index (χ2v) is 3.86. The number of alkyl halides is 1. The number of halogens is 2. The van der Waals surface area contributed by atoms with Crippen molar-refractivity contribution in [3.05, 3.63) is 42.0 Å². The molecule has 2 aromatic rings. The molecule has 0 amide bonds. The Morgan fingerprint density at radius 1 is 1.24 bits per heavy atom. The highest BCUT2D eigenvalue weighted by molar-refractivity contribution is 9.09. The molecule has 2 rings (SSSR count). The smallest absolute Gasteiger partial charge is 0.218 e. The van der Waals surface area contributed by atoms with Gasteiger partial charge in [0.25, 0.3) is 0 Å². The number of hydrogen-bond donors (Lipinski definition) is 0. The van der Waals surface area contributed by atoms with Gasteiger partial charge in [-0.2, -0.15) is 4.98 Å². The van der Waals surface area contributed by atoms with Crippen molar-refractivity contribution in [2.75, 3.05) is 5.52 Å². The van der Waals surface area contributed by atoms with Gasteiger partial charge in [0.15, 0.2) is 0 Å². The molecule has 88 valence electrons. The minimum atomic E-state index is -0.267. The van der Waals surface area contributed by atoms with E-state index in [4.69, 9.17) is 4.74 Å². The molecule has 0 unspecified atom stereocenters. The van der Waals surface area contributed by atoms with Crippen LogP contribution in [0.2, 0.25) is 0 Å². The number of nitrogens with zero attached hydrogens (tertiary/aromatic N) is 2. The molecule has 17 heavy (non-hydrogen) atoms. The van der Waals surface area contributed by atoms with Crippen LogP contribution in [0.3, 0.4) is 0 Å². The van der Waals surface area contributed by atoms with Crippen LogP contribution < -0.4 is 4.74 Å². The van der Waals surface area contributed by atoms with Crippen LogP contribution in [0.4, 0.5) is 4.39 Å². The van der Waals surface area contributed by atoms with Crippen molar-refractivity contribution >= 4 is 15.9 Å². The Balaban J connectivity index is 2.40. The summed E-state index contributed by atoms with van der Waals surface area (Å²) in [7, 11) is 0. The van der Waals surface area contributed by atoms with Gasteiger partial charge in [0.2, 0.25) is 5.88 Å². The van der Waals surface area contributed by atoms with Crippen LogP contribution in [0.25, 0.3) is 11.3 Å². The zero-order chi connectivity index (χ0) is 12.3. The molecule has 0 spiro atoms. The average molecular weight is 297 g/mol. The van der Waals surface area contributed by atoms with E-state index in [-0.39, 0.29) is 5.82 Å². The molecule has 0 aliphatic heterocycles. The van der Waals surface area contributed by atoms with Crippen LogP contribution in [0.5, 0.6) is 5.88 Å². The summed E-state index contributed by atoms with van der Waals surface area (Å²) in [5.41, 5.74) is 1.91. The van der Waals surface area contributed by atoms with E-state index in [2.05, 4.69) is 25.9 Å². The molecule has 0 fully saturated rings. The fourth-order valence-electron chi connectivity index (χ4n) is 1.44. The molecule has 0 aliphatic carbocycles. The van der Waals surface area contributed by atoms with Crippen molar-refractivity contribution in [2.24, 2.45) is 0 Å². The molecular formula is C12H10BrFN2O. The monoisotopic (exact) mass is 296 g/mol. The first-order chi connectivity index (χ1) is 8.19. The number of ether oxygens (including phenoxy) is 1. The fourth-order valence-corrected chi connectivity index (χ4v) is 1.67.